The quantitative estimate of drug-likeness (QED) is 0.284. The molecule has 0 bridgehead atoms. The fourth-order valence-electron chi connectivity index (χ4n) is 3.46. The lowest BCUT2D eigenvalue weighted by molar-refractivity contribution is -0.155. The molecule has 0 saturated carbocycles. The first-order valence-electron chi connectivity index (χ1n) is 10.2. The van der Waals surface area contributed by atoms with Gasteiger partial charge in [-0.2, -0.15) is 13.2 Å². The summed E-state index contributed by atoms with van der Waals surface area (Å²) in [5.41, 5.74) is -1.58. The normalized spacial score (nSPS) is 12.8. The molecule has 0 radical (unpaired) electrons. The van der Waals surface area contributed by atoms with Gasteiger partial charge in [-0.3, -0.25) is 19.5 Å². The number of alkyl halides is 3. The highest BCUT2D eigenvalue weighted by Crippen LogP contribution is 2.35. The van der Waals surface area contributed by atoms with E-state index < -0.39 is 50.9 Å². The minimum Gasteiger partial charge on any atom is -0.337 e. The van der Waals surface area contributed by atoms with Gasteiger partial charge in [0.05, 0.1) is 16.8 Å². The molecular weight excluding hydrogens is 587 g/mol. The van der Waals surface area contributed by atoms with E-state index >= 15 is 0 Å². The van der Waals surface area contributed by atoms with Gasteiger partial charge in [0.2, 0.25) is 0 Å². The first-order valence-corrected chi connectivity index (χ1v) is 12.5. The van der Waals surface area contributed by atoms with Crippen LogP contribution in [0, 0.1) is 11.6 Å². The van der Waals surface area contributed by atoms with Gasteiger partial charge in [0.25, 0.3) is 15.9 Å². The van der Waals surface area contributed by atoms with E-state index in [2.05, 4.69) is 30.6 Å². The molecule has 1 aromatic heterocycles. The second-order valence-electron chi connectivity index (χ2n) is 7.59. The Morgan fingerprint density at radius 2 is 1.70 bits per heavy atom. The van der Waals surface area contributed by atoms with Crippen molar-refractivity contribution in [1.29, 1.82) is 0 Å². The summed E-state index contributed by atoms with van der Waals surface area (Å²) < 4.78 is 97.5. The Hall–Kier alpha value is -3.65. The molecule has 3 aromatic carbocycles. The van der Waals surface area contributed by atoms with Crippen LogP contribution in [0.3, 0.4) is 0 Å². The molecular formula is C23H14BrF5N4O3S. The average Bonchev–Trinajstić information content (AvgIpc) is 2.81. The van der Waals surface area contributed by atoms with Crippen molar-refractivity contribution < 1.29 is 35.2 Å². The maximum Gasteiger partial charge on any atom is 0.412 e. The first-order chi connectivity index (χ1) is 17.4. The van der Waals surface area contributed by atoms with E-state index in [1.165, 1.54) is 42.7 Å². The molecule has 0 saturated heterocycles. The maximum absolute atomic E-state index is 14.2. The molecule has 14 heteroatoms. The lowest BCUT2D eigenvalue weighted by atomic mass is 10.0. The Bertz CT molecular complexity index is 1610. The molecule has 37 heavy (non-hydrogen) atoms. The number of benzene rings is 3. The number of para-hydroxylation sites is 1. The summed E-state index contributed by atoms with van der Waals surface area (Å²) in [6, 6.07) is 6.35. The lowest BCUT2D eigenvalue weighted by Gasteiger charge is -2.23. The number of carbonyl (C=O) groups is 1. The van der Waals surface area contributed by atoms with Crippen molar-refractivity contribution in [2.24, 2.45) is 0 Å². The van der Waals surface area contributed by atoms with Crippen molar-refractivity contribution >= 4 is 48.6 Å². The fraction of sp³-hybridized carbons (Fsp3) is 0.0870. The van der Waals surface area contributed by atoms with Gasteiger partial charge in [0.15, 0.2) is 6.04 Å². The van der Waals surface area contributed by atoms with Gasteiger partial charge in [-0.25, -0.2) is 17.2 Å². The zero-order valence-electron chi connectivity index (χ0n) is 18.2. The smallest absolute Gasteiger partial charge is 0.337 e. The van der Waals surface area contributed by atoms with Crippen molar-refractivity contribution in [2.45, 2.75) is 17.1 Å². The lowest BCUT2D eigenvalue weighted by Crippen LogP contribution is -2.39. The number of carbonyl (C=O) groups excluding carboxylic acids is 1. The van der Waals surface area contributed by atoms with Crippen molar-refractivity contribution in [3.05, 3.63) is 94.2 Å². The number of fused-ring (bicyclic) bond motifs is 1. The number of sulfonamides is 1. The van der Waals surface area contributed by atoms with Crippen LogP contribution < -0.4 is 10.0 Å². The summed E-state index contributed by atoms with van der Waals surface area (Å²) in [6.45, 7) is 0. The third kappa shape index (κ3) is 5.69. The zero-order chi connectivity index (χ0) is 27.0. The number of anilines is 1. The van der Waals surface area contributed by atoms with Gasteiger partial charge in [0.1, 0.15) is 22.0 Å². The Morgan fingerprint density at radius 3 is 2.41 bits per heavy atom. The first kappa shape index (κ1) is 26.4. The molecule has 192 valence electrons. The topological polar surface area (TPSA) is 101 Å². The van der Waals surface area contributed by atoms with Crippen LogP contribution in [0.5, 0.6) is 0 Å². The van der Waals surface area contributed by atoms with Crippen molar-refractivity contribution in [1.82, 2.24) is 15.3 Å². The van der Waals surface area contributed by atoms with Crippen LogP contribution in [0.15, 0.2) is 76.4 Å². The summed E-state index contributed by atoms with van der Waals surface area (Å²) in [5, 5.41) is 1.67. The predicted octanol–water partition coefficient (Wildman–Crippen LogP) is 5.50. The summed E-state index contributed by atoms with van der Waals surface area (Å²) in [6.07, 6.45) is -2.51. The van der Waals surface area contributed by atoms with Crippen molar-refractivity contribution in [3.63, 3.8) is 0 Å². The highest BCUT2D eigenvalue weighted by molar-refractivity contribution is 9.10. The Morgan fingerprint density at radius 1 is 0.973 bits per heavy atom. The van der Waals surface area contributed by atoms with E-state index in [1.807, 2.05) is 0 Å². The molecule has 4 aromatic rings. The van der Waals surface area contributed by atoms with Crippen LogP contribution in [0.25, 0.3) is 11.0 Å². The summed E-state index contributed by atoms with van der Waals surface area (Å²) in [7, 11) is -4.41. The van der Waals surface area contributed by atoms with Crippen LogP contribution in [0.4, 0.5) is 27.6 Å². The van der Waals surface area contributed by atoms with Gasteiger partial charge >= 0.3 is 6.18 Å². The van der Waals surface area contributed by atoms with E-state index in [0.29, 0.717) is 16.6 Å². The second-order valence-corrected chi connectivity index (χ2v) is 10.2. The van der Waals surface area contributed by atoms with E-state index in [1.54, 1.807) is 5.32 Å². The predicted molar refractivity (Wildman–Crippen MR) is 127 cm³/mol. The highest BCUT2D eigenvalue weighted by atomic mass is 79.9. The van der Waals surface area contributed by atoms with E-state index in [-0.39, 0.29) is 27.7 Å². The summed E-state index contributed by atoms with van der Waals surface area (Å²) in [5.74, 6) is -3.98. The summed E-state index contributed by atoms with van der Waals surface area (Å²) >= 11 is 3.13. The van der Waals surface area contributed by atoms with Gasteiger partial charge in [-0.15, -0.1) is 0 Å². The van der Waals surface area contributed by atoms with E-state index in [0.717, 1.165) is 6.07 Å². The van der Waals surface area contributed by atoms with Crippen LogP contribution >= 0.6 is 15.9 Å². The molecule has 1 atom stereocenters. The fourth-order valence-corrected chi connectivity index (χ4v) is 5.06. The molecule has 7 nitrogen and oxygen atoms in total. The van der Waals surface area contributed by atoms with Gasteiger partial charge in [0, 0.05) is 28.5 Å². The minimum atomic E-state index is -5.16. The molecule has 0 aliphatic heterocycles. The number of hydrogen-bond acceptors (Lipinski definition) is 5. The number of halogens is 6. The number of nitrogens with one attached hydrogen (secondary N) is 2. The number of aromatic nitrogens is 2. The third-order valence-electron chi connectivity index (χ3n) is 5.10. The minimum absolute atomic E-state index is 0.0300. The van der Waals surface area contributed by atoms with Gasteiger partial charge in [-0.05, 0) is 36.4 Å². The second kappa shape index (κ2) is 10.0. The van der Waals surface area contributed by atoms with Gasteiger partial charge < -0.3 is 5.32 Å². The van der Waals surface area contributed by atoms with Crippen LogP contribution in [0.2, 0.25) is 0 Å². The Labute approximate surface area is 214 Å². The van der Waals surface area contributed by atoms with Gasteiger partial charge in [-0.1, -0.05) is 28.1 Å². The number of rotatable bonds is 6. The third-order valence-corrected chi connectivity index (χ3v) is 6.99. The van der Waals surface area contributed by atoms with E-state index in [4.69, 9.17) is 0 Å². The molecule has 1 unspecified atom stereocenters. The van der Waals surface area contributed by atoms with Crippen LogP contribution in [-0.4, -0.2) is 30.5 Å². The molecule has 2 N–H and O–H groups in total. The summed E-state index contributed by atoms with van der Waals surface area (Å²) in [4.78, 5) is 20.7. The Kier molecular flexibility index (Phi) is 7.15. The molecule has 4 rings (SSSR count). The SMILES string of the molecule is O=C(NC(c1ccc(F)cc1F)C(F)(F)F)c1ccc(Br)cc1NS(=O)(=O)c1cccc2nccnc12. The number of hydrogen-bond donors (Lipinski definition) is 2. The molecule has 0 aliphatic carbocycles. The molecule has 1 heterocycles. The molecule has 1 amide bonds. The van der Waals surface area contributed by atoms with Crippen molar-refractivity contribution in [2.75, 3.05) is 4.72 Å². The zero-order valence-corrected chi connectivity index (χ0v) is 20.6. The highest BCUT2D eigenvalue weighted by Gasteiger charge is 2.43. The molecule has 0 fully saturated rings. The maximum atomic E-state index is 14.2. The largest absolute Gasteiger partial charge is 0.412 e. The number of nitrogens with zero attached hydrogens (tertiary/aromatic N) is 2. The van der Waals surface area contributed by atoms with E-state index in [9.17, 15) is 35.2 Å². The van der Waals surface area contributed by atoms with Crippen molar-refractivity contribution in [3.8, 4) is 0 Å². The molecule has 0 aliphatic rings. The van der Waals surface area contributed by atoms with Crippen LogP contribution in [0.1, 0.15) is 22.0 Å². The Balaban J connectivity index is 1.72. The monoisotopic (exact) mass is 600 g/mol. The average molecular weight is 601 g/mol. The number of amides is 1. The molecule has 0 spiro atoms. The van der Waals surface area contributed by atoms with Crippen LogP contribution in [-0.2, 0) is 10.0 Å². The standard InChI is InChI=1S/C23H14BrF5N4O3S/c24-12-4-6-15(22(34)32-21(23(27,28)29)14-7-5-13(25)11-16(14)26)18(10-12)33-37(35,36)19-3-1-2-17-20(19)31-9-8-30-17/h1-11,21,33H,(H,32,34).